The summed E-state index contributed by atoms with van der Waals surface area (Å²) < 4.78 is 22.2. The number of nitrogens with one attached hydrogen (secondary N) is 1. The van der Waals surface area contributed by atoms with Gasteiger partial charge in [0, 0.05) is 0 Å². The zero-order valence-corrected chi connectivity index (χ0v) is 15.8. The van der Waals surface area contributed by atoms with Crippen LogP contribution in [-0.2, 0) is 20.8 Å². The largest absolute Gasteiger partial charge is 0.497 e. The molecule has 2 aromatic carbocycles. The number of rotatable bonds is 6. The van der Waals surface area contributed by atoms with Gasteiger partial charge in [-0.3, -0.25) is 0 Å². The van der Waals surface area contributed by atoms with Crippen LogP contribution in [0.1, 0.15) is 31.0 Å². The molecule has 1 saturated heterocycles. The minimum Gasteiger partial charge on any atom is -0.497 e. The number of methoxy groups -OCH3 is 1. The van der Waals surface area contributed by atoms with Gasteiger partial charge in [0.2, 0.25) is 0 Å². The fourth-order valence-corrected chi connectivity index (χ4v) is 2.97. The first-order valence-electron chi connectivity index (χ1n) is 8.90. The number of amides is 1. The summed E-state index contributed by atoms with van der Waals surface area (Å²) in [5, 5.41) is 2.91. The molecule has 6 heteroatoms. The fraction of sp³-hybridized carbons (Fsp3) is 0.381. The third kappa shape index (κ3) is 5.21. The predicted molar refractivity (Wildman–Crippen MR) is 100 cm³/mol. The molecule has 3 rings (SSSR count). The van der Waals surface area contributed by atoms with Crippen LogP contribution in [0.4, 0.5) is 4.79 Å². The summed E-state index contributed by atoms with van der Waals surface area (Å²) in [6, 6.07) is 16.6. The minimum absolute atomic E-state index is 0.204. The molecule has 0 saturated carbocycles. The van der Waals surface area contributed by atoms with Crippen LogP contribution >= 0.6 is 0 Å². The maximum atomic E-state index is 12.4. The topological polar surface area (TPSA) is 66.0 Å². The number of carbonyl (C=O) groups excluding carboxylic acids is 1. The van der Waals surface area contributed by atoms with Crippen molar-refractivity contribution in [3.63, 3.8) is 0 Å². The van der Waals surface area contributed by atoms with Crippen LogP contribution in [0.15, 0.2) is 54.6 Å². The molecule has 1 aliphatic heterocycles. The molecule has 0 aliphatic carbocycles. The van der Waals surface area contributed by atoms with Gasteiger partial charge in [-0.05, 0) is 37.1 Å². The molecule has 6 nitrogen and oxygen atoms in total. The van der Waals surface area contributed by atoms with Gasteiger partial charge in [-0.25, -0.2) is 4.79 Å². The molecule has 0 radical (unpaired) electrons. The Bertz CT molecular complexity index is 745. The molecule has 0 spiro atoms. The van der Waals surface area contributed by atoms with E-state index < -0.39 is 17.9 Å². The Hall–Kier alpha value is -2.57. The van der Waals surface area contributed by atoms with Crippen LogP contribution in [0.3, 0.4) is 0 Å². The Balaban J connectivity index is 1.70. The number of benzene rings is 2. The van der Waals surface area contributed by atoms with E-state index in [1.807, 2.05) is 68.4 Å². The van der Waals surface area contributed by atoms with Crippen molar-refractivity contribution >= 4 is 6.09 Å². The van der Waals surface area contributed by atoms with Crippen LogP contribution in [0.25, 0.3) is 0 Å². The molecular formula is C21H25NO5. The van der Waals surface area contributed by atoms with Gasteiger partial charge in [-0.2, -0.15) is 0 Å². The maximum absolute atomic E-state index is 12.4. The van der Waals surface area contributed by atoms with Crippen molar-refractivity contribution in [3.8, 4) is 5.75 Å². The van der Waals surface area contributed by atoms with Crippen LogP contribution in [0.2, 0.25) is 0 Å². The van der Waals surface area contributed by atoms with Crippen molar-refractivity contribution in [3.05, 3.63) is 65.7 Å². The van der Waals surface area contributed by atoms with E-state index in [9.17, 15) is 4.79 Å². The molecule has 1 fully saturated rings. The summed E-state index contributed by atoms with van der Waals surface area (Å²) in [5.41, 5.74) is 1.81. The summed E-state index contributed by atoms with van der Waals surface area (Å²) >= 11 is 0. The SMILES string of the molecule is COc1ccc([C@@H](NC(=O)OCc2ccccc2)C2COC(C)(C)O2)cc1. The highest BCUT2D eigenvalue weighted by Gasteiger charge is 2.39. The number of alkyl carbamates (subject to hydrolysis) is 1. The highest BCUT2D eigenvalue weighted by molar-refractivity contribution is 5.68. The lowest BCUT2D eigenvalue weighted by molar-refractivity contribution is -0.141. The Kier molecular flexibility index (Phi) is 5.98. The van der Waals surface area contributed by atoms with E-state index in [-0.39, 0.29) is 12.7 Å². The quantitative estimate of drug-likeness (QED) is 0.836. The number of hydrogen-bond donors (Lipinski definition) is 1. The average molecular weight is 371 g/mol. The summed E-state index contributed by atoms with van der Waals surface area (Å²) in [4.78, 5) is 12.4. The van der Waals surface area contributed by atoms with Crippen molar-refractivity contribution in [1.82, 2.24) is 5.32 Å². The summed E-state index contributed by atoms with van der Waals surface area (Å²) in [6.45, 7) is 4.29. The first kappa shape index (κ1) is 19.2. The highest BCUT2D eigenvalue weighted by Crippen LogP contribution is 2.31. The second-order valence-electron chi connectivity index (χ2n) is 6.82. The molecule has 144 valence electrons. The second-order valence-corrected chi connectivity index (χ2v) is 6.82. The molecule has 1 N–H and O–H groups in total. The van der Waals surface area contributed by atoms with Gasteiger partial charge in [-0.15, -0.1) is 0 Å². The first-order chi connectivity index (χ1) is 13.0. The monoisotopic (exact) mass is 371 g/mol. The van der Waals surface area contributed by atoms with Crippen molar-refractivity contribution < 1.29 is 23.7 Å². The standard InChI is InChI=1S/C21H25NO5/c1-21(2)26-14-18(27-21)19(16-9-11-17(24-3)12-10-16)22-20(23)25-13-15-7-5-4-6-8-15/h4-12,18-19H,13-14H2,1-3H3,(H,22,23)/t18?,19-/m1/s1. The Morgan fingerprint density at radius 2 is 1.89 bits per heavy atom. The van der Waals surface area contributed by atoms with Gasteiger partial charge >= 0.3 is 6.09 Å². The minimum atomic E-state index is -0.689. The van der Waals surface area contributed by atoms with Gasteiger partial charge in [0.05, 0.1) is 19.8 Å². The van der Waals surface area contributed by atoms with E-state index in [0.29, 0.717) is 6.61 Å². The van der Waals surface area contributed by atoms with E-state index in [0.717, 1.165) is 16.9 Å². The third-order valence-corrected chi connectivity index (χ3v) is 4.36. The predicted octanol–water partition coefficient (Wildman–Crippen LogP) is 3.81. The van der Waals surface area contributed by atoms with Gasteiger partial charge in [0.25, 0.3) is 0 Å². The smallest absolute Gasteiger partial charge is 0.408 e. The molecule has 2 aromatic rings. The molecular weight excluding hydrogens is 346 g/mol. The first-order valence-corrected chi connectivity index (χ1v) is 8.90. The Morgan fingerprint density at radius 1 is 1.19 bits per heavy atom. The van der Waals surface area contributed by atoms with Gasteiger partial charge in [0.1, 0.15) is 18.5 Å². The number of carbonyl (C=O) groups is 1. The summed E-state index contributed by atoms with van der Waals surface area (Å²) in [6.07, 6.45) is -0.828. The van der Waals surface area contributed by atoms with E-state index in [4.69, 9.17) is 18.9 Å². The van der Waals surface area contributed by atoms with E-state index in [1.165, 1.54) is 0 Å². The summed E-state index contributed by atoms with van der Waals surface area (Å²) in [7, 11) is 1.61. The lowest BCUT2D eigenvalue weighted by atomic mass is 10.0. The van der Waals surface area contributed by atoms with Gasteiger partial charge in [-0.1, -0.05) is 42.5 Å². The fourth-order valence-electron chi connectivity index (χ4n) is 2.97. The molecule has 1 aliphatic rings. The zero-order chi connectivity index (χ0) is 19.3. The van der Waals surface area contributed by atoms with Crippen LogP contribution in [0, 0.1) is 0 Å². The normalized spacial score (nSPS) is 19.3. The molecule has 1 heterocycles. The average Bonchev–Trinajstić information content (AvgIpc) is 3.05. The van der Waals surface area contributed by atoms with E-state index in [2.05, 4.69) is 5.32 Å². The zero-order valence-electron chi connectivity index (χ0n) is 15.8. The molecule has 1 amide bonds. The lowest BCUT2D eigenvalue weighted by Crippen LogP contribution is -2.38. The molecule has 0 aromatic heterocycles. The maximum Gasteiger partial charge on any atom is 0.408 e. The van der Waals surface area contributed by atoms with Crippen molar-refractivity contribution in [1.29, 1.82) is 0 Å². The van der Waals surface area contributed by atoms with E-state index >= 15 is 0 Å². The number of ether oxygens (including phenoxy) is 4. The van der Waals surface area contributed by atoms with Gasteiger partial charge < -0.3 is 24.3 Å². The van der Waals surface area contributed by atoms with Crippen LogP contribution in [-0.4, -0.2) is 31.7 Å². The lowest BCUT2D eigenvalue weighted by Gasteiger charge is -2.25. The van der Waals surface area contributed by atoms with E-state index in [1.54, 1.807) is 7.11 Å². The van der Waals surface area contributed by atoms with Crippen LogP contribution < -0.4 is 10.1 Å². The Labute approximate surface area is 159 Å². The highest BCUT2D eigenvalue weighted by atomic mass is 16.7. The molecule has 1 unspecified atom stereocenters. The number of hydrogen-bond acceptors (Lipinski definition) is 5. The summed E-state index contributed by atoms with van der Waals surface area (Å²) in [5.74, 6) is 0.0541. The van der Waals surface area contributed by atoms with Crippen molar-refractivity contribution in [2.75, 3.05) is 13.7 Å². The third-order valence-electron chi connectivity index (χ3n) is 4.36. The van der Waals surface area contributed by atoms with Gasteiger partial charge in [0.15, 0.2) is 5.79 Å². The van der Waals surface area contributed by atoms with Crippen LogP contribution in [0.5, 0.6) is 5.75 Å². The second kappa shape index (κ2) is 8.41. The molecule has 0 bridgehead atoms. The molecule has 2 atom stereocenters. The molecule has 27 heavy (non-hydrogen) atoms. The van der Waals surface area contributed by atoms with Crippen molar-refractivity contribution in [2.24, 2.45) is 0 Å². The Morgan fingerprint density at radius 3 is 2.48 bits per heavy atom. The van der Waals surface area contributed by atoms with Crippen molar-refractivity contribution in [2.45, 2.75) is 38.4 Å².